The van der Waals surface area contributed by atoms with E-state index in [0.29, 0.717) is 6.42 Å². The second-order valence-corrected chi connectivity index (χ2v) is 3.16. The largest absolute Gasteiger partial charge is 0.465 e. The van der Waals surface area contributed by atoms with Gasteiger partial charge in [0.15, 0.2) is 0 Å². The average Bonchev–Trinajstić information content (AvgIpc) is 2.10. The minimum absolute atomic E-state index is 0.0874. The Labute approximate surface area is 82.5 Å². The van der Waals surface area contributed by atoms with Crippen LogP contribution in [-0.4, -0.2) is 53.9 Å². The number of carbonyl (C=O) groups excluding carboxylic acids is 1. The van der Waals surface area contributed by atoms with Crippen molar-refractivity contribution in [2.75, 3.05) is 20.7 Å². The lowest BCUT2D eigenvalue weighted by atomic mass is 10.1. The van der Waals surface area contributed by atoms with Crippen LogP contribution in [-0.2, 0) is 4.79 Å². The highest BCUT2D eigenvalue weighted by atomic mass is 16.4. The first kappa shape index (κ1) is 12.7. The number of carboxylic acid groups (broad SMARTS) is 1. The molecule has 0 fully saturated rings. The predicted molar refractivity (Wildman–Crippen MR) is 50.0 cm³/mol. The van der Waals surface area contributed by atoms with E-state index >= 15 is 0 Å². The summed E-state index contributed by atoms with van der Waals surface area (Å²) in [6, 6.07) is -0.573. The summed E-state index contributed by atoms with van der Waals surface area (Å²) in [5, 5.41) is 19.3. The quantitative estimate of drug-likeness (QED) is 0.562. The third kappa shape index (κ3) is 5.36. The molecule has 0 bridgehead atoms. The minimum Gasteiger partial charge on any atom is -0.465 e. The van der Waals surface area contributed by atoms with Crippen LogP contribution in [0.1, 0.15) is 12.8 Å². The predicted octanol–water partition coefficient (Wildman–Crippen LogP) is -0.517. The molecular formula is C8H16N2O4. The topological polar surface area (TPSA) is 89.9 Å². The van der Waals surface area contributed by atoms with Gasteiger partial charge in [-0.15, -0.1) is 0 Å². The first-order chi connectivity index (χ1) is 6.47. The molecule has 0 aromatic carbocycles. The second kappa shape index (κ2) is 6.20. The van der Waals surface area contributed by atoms with E-state index in [2.05, 4.69) is 5.32 Å². The second-order valence-electron chi connectivity index (χ2n) is 3.16. The number of rotatable bonds is 5. The summed E-state index contributed by atoms with van der Waals surface area (Å²) in [7, 11) is 3.25. The first-order valence-electron chi connectivity index (χ1n) is 4.27. The minimum atomic E-state index is -1.19. The summed E-state index contributed by atoms with van der Waals surface area (Å²) in [6.07, 6.45) is -0.667. The van der Waals surface area contributed by atoms with E-state index in [9.17, 15) is 9.59 Å². The highest BCUT2D eigenvalue weighted by Crippen LogP contribution is 1.99. The Hall–Kier alpha value is -1.30. The van der Waals surface area contributed by atoms with Gasteiger partial charge in [0.1, 0.15) is 0 Å². The van der Waals surface area contributed by atoms with Crippen molar-refractivity contribution < 1.29 is 19.8 Å². The Balaban J connectivity index is 3.83. The zero-order chi connectivity index (χ0) is 11.1. The Morgan fingerprint density at radius 1 is 1.43 bits per heavy atom. The monoisotopic (exact) mass is 204 g/mol. The molecule has 0 aromatic heterocycles. The van der Waals surface area contributed by atoms with Crippen LogP contribution < -0.4 is 5.32 Å². The average molecular weight is 204 g/mol. The third-order valence-corrected chi connectivity index (χ3v) is 1.75. The summed E-state index contributed by atoms with van der Waals surface area (Å²) in [5.41, 5.74) is 0. The van der Waals surface area contributed by atoms with Crippen LogP contribution in [0.2, 0.25) is 0 Å². The van der Waals surface area contributed by atoms with Gasteiger partial charge in [0.25, 0.3) is 0 Å². The number of amides is 2. The first-order valence-corrected chi connectivity index (χ1v) is 4.27. The van der Waals surface area contributed by atoms with Crippen molar-refractivity contribution in [3.05, 3.63) is 0 Å². The number of hydrogen-bond donors (Lipinski definition) is 3. The lowest BCUT2D eigenvalue weighted by Crippen LogP contribution is -2.37. The van der Waals surface area contributed by atoms with Crippen molar-refractivity contribution in [3.63, 3.8) is 0 Å². The zero-order valence-electron chi connectivity index (χ0n) is 8.36. The van der Waals surface area contributed by atoms with Crippen molar-refractivity contribution in [2.45, 2.75) is 18.9 Å². The van der Waals surface area contributed by atoms with E-state index in [4.69, 9.17) is 10.2 Å². The highest BCUT2D eigenvalue weighted by molar-refractivity contribution is 5.75. The van der Waals surface area contributed by atoms with E-state index in [1.165, 1.54) is 4.90 Å². The Morgan fingerprint density at radius 2 is 2.00 bits per heavy atom. The summed E-state index contributed by atoms with van der Waals surface area (Å²) < 4.78 is 0. The molecule has 3 N–H and O–H groups in total. The van der Waals surface area contributed by atoms with Crippen molar-refractivity contribution in [2.24, 2.45) is 0 Å². The molecule has 1 atom stereocenters. The maximum Gasteiger partial charge on any atom is 0.404 e. The molecule has 0 aliphatic carbocycles. The summed E-state index contributed by atoms with van der Waals surface area (Å²) >= 11 is 0. The molecule has 0 aliphatic rings. The molecule has 0 radical (unpaired) electrons. The van der Waals surface area contributed by atoms with Gasteiger partial charge >= 0.3 is 6.09 Å². The Kier molecular flexibility index (Phi) is 5.62. The normalized spacial score (nSPS) is 11.9. The van der Waals surface area contributed by atoms with Gasteiger partial charge in [-0.05, 0) is 6.42 Å². The van der Waals surface area contributed by atoms with Crippen LogP contribution in [0.15, 0.2) is 0 Å². The fraction of sp³-hybridized carbons (Fsp3) is 0.750. The SMILES string of the molecule is CN(C)C(=O)CC[C@H](CO)NC(=O)O. The molecule has 0 aromatic rings. The third-order valence-electron chi connectivity index (χ3n) is 1.75. The molecule has 0 aliphatic heterocycles. The standard InChI is InChI=1S/C8H16N2O4/c1-10(2)7(12)4-3-6(5-11)9-8(13)14/h6,9,11H,3-5H2,1-2H3,(H,13,14)/t6-/m1/s1. The molecule has 14 heavy (non-hydrogen) atoms. The number of nitrogens with zero attached hydrogens (tertiary/aromatic N) is 1. The van der Waals surface area contributed by atoms with Crippen LogP contribution in [0, 0.1) is 0 Å². The Morgan fingerprint density at radius 3 is 2.36 bits per heavy atom. The molecule has 2 amide bonds. The van der Waals surface area contributed by atoms with Crippen molar-refractivity contribution in [1.82, 2.24) is 10.2 Å². The zero-order valence-corrected chi connectivity index (χ0v) is 8.36. The molecule has 0 saturated heterocycles. The van der Waals surface area contributed by atoms with Gasteiger partial charge in [0.05, 0.1) is 12.6 Å². The van der Waals surface area contributed by atoms with Gasteiger partial charge in [-0.3, -0.25) is 4.79 Å². The molecular weight excluding hydrogens is 188 g/mol. The van der Waals surface area contributed by atoms with Crippen LogP contribution in [0.25, 0.3) is 0 Å². The van der Waals surface area contributed by atoms with E-state index in [0.717, 1.165) is 0 Å². The van der Waals surface area contributed by atoms with E-state index < -0.39 is 12.1 Å². The van der Waals surface area contributed by atoms with Crippen LogP contribution >= 0.6 is 0 Å². The maximum atomic E-state index is 11.1. The molecule has 6 nitrogen and oxygen atoms in total. The van der Waals surface area contributed by atoms with Crippen LogP contribution in [0.4, 0.5) is 4.79 Å². The Bertz CT molecular complexity index is 206. The van der Waals surface area contributed by atoms with Gasteiger partial charge < -0.3 is 20.4 Å². The smallest absolute Gasteiger partial charge is 0.404 e. The van der Waals surface area contributed by atoms with E-state index in [1.807, 2.05) is 0 Å². The number of nitrogens with one attached hydrogen (secondary N) is 1. The fourth-order valence-electron chi connectivity index (χ4n) is 0.905. The van der Waals surface area contributed by atoms with Crippen LogP contribution in [0.3, 0.4) is 0 Å². The van der Waals surface area contributed by atoms with Gasteiger partial charge in [-0.1, -0.05) is 0 Å². The number of aliphatic hydroxyl groups excluding tert-OH is 1. The number of carbonyl (C=O) groups is 2. The molecule has 0 unspecified atom stereocenters. The molecule has 0 heterocycles. The lowest BCUT2D eigenvalue weighted by Gasteiger charge is -2.15. The molecule has 82 valence electrons. The van der Waals surface area contributed by atoms with Crippen molar-refractivity contribution in [3.8, 4) is 0 Å². The molecule has 0 rings (SSSR count). The van der Waals surface area contributed by atoms with Crippen molar-refractivity contribution in [1.29, 1.82) is 0 Å². The van der Waals surface area contributed by atoms with E-state index in [-0.39, 0.29) is 18.9 Å². The number of hydrogen-bond acceptors (Lipinski definition) is 3. The molecule has 0 spiro atoms. The molecule has 0 saturated carbocycles. The summed E-state index contributed by atoms with van der Waals surface area (Å²) in [6.45, 7) is -0.299. The van der Waals surface area contributed by atoms with Crippen LogP contribution in [0.5, 0.6) is 0 Å². The van der Waals surface area contributed by atoms with E-state index in [1.54, 1.807) is 14.1 Å². The highest BCUT2D eigenvalue weighted by Gasteiger charge is 2.12. The molecule has 6 heteroatoms. The summed E-state index contributed by atoms with van der Waals surface area (Å²) in [5.74, 6) is -0.0874. The van der Waals surface area contributed by atoms with Gasteiger partial charge in [-0.25, -0.2) is 4.79 Å². The summed E-state index contributed by atoms with van der Waals surface area (Å²) in [4.78, 5) is 22.8. The maximum absolute atomic E-state index is 11.1. The number of aliphatic hydroxyl groups is 1. The van der Waals surface area contributed by atoms with Crippen molar-refractivity contribution >= 4 is 12.0 Å². The lowest BCUT2D eigenvalue weighted by molar-refractivity contribution is -0.128. The van der Waals surface area contributed by atoms with Gasteiger partial charge in [0.2, 0.25) is 5.91 Å². The van der Waals surface area contributed by atoms with Gasteiger partial charge in [0, 0.05) is 20.5 Å². The van der Waals surface area contributed by atoms with Gasteiger partial charge in [-0.2, -0.15) is 0 Å². The fourth-order valence-corrected chi connectivity index (χ4v) is 0.905.